The minimum absolute atomic E-state index is 0.144. The molecule has 162 valence electrons. The molecule has 1 unspecified atom stereocenters. The maximum Gasteiger partial charge on any atom is 0.261 e. The molecule has 0 aliphatic carbocycles. The predicted molar refractivity (Wildman–Crippen MR) is 118 cm³/mol. The molecule has 8 heteroatoms. The number of para-hydroxylation sites is 2. The van der Waals surface area contributed by atoms with Gasteiger partial charge in [-0.1, -0.05) is 48.3 Å². The van der Waals surface area contributed by atoms with Gasteiger partial charge in [0.15, 0.2) is 18.1 Å². The van der Waals surface area contributed by atoms with E-state index >= 15 is 0 Å². The second-order valence-electron chi connectivity index (χ2n) is 6.66. The first kappa shape index (κ1) is 23.8. The standard InChI is InChI=1S/C22H26Cl2N2O4/c1-4-11-25-22(28)15(2)26(13-16-9-10-17(23)12-18(16)24)21(27)14-30-20-8-6-5-7-19(20)29-3/h5-10,12,15H,4,11,13-14H2,1-3H3,(H,25,28). The van der Waals surface area contributed by atoms with Crippen LogP contribution in [0.1, 0.15) is 25.8 Å². The number of hydrogen-bond donors (Lipinski definition) is 1. The van der Waals surface area contributed by atoms with Crippen molar-refractivity contribution in [3.05, 3.63) is 58.1 Å². The largest absolute Gasteiger partial charge is 0.493 e. The summed E-state index contributed by atoms with van der Waals surface area (Å²) in [5, 5.41) is 3.74. The van der Waals surface area contributed by atoms with Crippen LogP contribution >= 0.6 is 23.2 Å². The minimum Gasteiger partial charge on any atom is -0.493 e. The van der Waals surface area contributed by atoms with Crippen LogP contribution < -0.4 is 14.8 Å². The Bertz CT molecular complexity index is 876. The maximum absolute atomic E-state index is 13.0. The average molecular weight is 453 g/mol. The summed E-state index contributed by atoms with van der Waals surface area (Å²) < 4.78 is 10.9. The summed E-state index contributed by atoms with van der Waals surface area (Å²) in [6.07, 6.45) is 0.798. The Labute approximate surface area is 187 Å². The van der Waals surface area contributed by atoms with E-state index in [4.69, 9.17) is 32.7 Å². The van der Waals surface area contributed by atoms with Crippen LogP contribution in [0.25, 0.3) is 0 Å². The van der Waals surface area contributed by atoms with Crippen LogP contribution in [-0.2, 0) is 16.1 Å². The van der Waals surface area contributed by atoms with Gasteiger partial charge < -0.3 is 19.7 Å². The molecule has 1 atom stereocenters. The highest BCUT2D eigenvalue weighted by molar-refractivity contribution is 6.35. The lowest BCUT2D eigenvalue weighted by Gasteiger charge is -2.29. The Morgan fingerprint density at radius 1 is 1.13 bits per heavy atom. The Morgan fingerprint density at radius 3 is 2.47 bits per heavy atom. The molecule has 2 rings (SSSR count). The highest BCUT2D eigenvalue weighted by Crippen LogP contribution is 2.26. The third-order valence-corrected chi connectivity index (χ3v) is 5.08. The van der Waals surface area contributed by atoms with Gasteiger partial charge in [0.1, 0.15) is 6.04 Å². The van der Waals surface area contributed by atoms with Gasteiger partial charge in [-0.15, -0.1) is 0 Å². The Kier molecular flexibility index (Phi) is 9.27. The van der Waals surface area contributed by atoms with E-state index in [1.807, 2.05) is 13.0 Å². The second kappa shape index (κ2) is 11.7. The van der Waals surface area contributed by atoms with E-state index in [1.165, 1.54) is 12.0 Å². The van der Waals surface area contributed by atoms with Crippen LogP contribution in [0.5, 0.6) is 11.5 Å². The van der Waals surface area contributed by atoms with Crippen molar-refractivity contribution in [1.82, 2.24) is 10.2 Å². The fourth-order valence-electron chi connectivity index (χ4n) is 2.77. The molecule has 2 aromatic carbocycles. The van der Waals surface area contributed by atoms with Crippen molar-refractivity contribution in [2.45, 2.75) is 32.9 Å². The van der Waals surface area contributed by atoms with Crippen molar-refractivity contribution < 1.29 is 19.1 Å². The molecule has 0 bridgehead atoms. The molecule has 2 amide bonds. The molecular weight excluding hydrogens is 427 g/mol. The molecule has 0 saturated carbocycles. The maximum atomic E-state index is 13.0. The Hall–Kier alpha value is -2.44. The van der Waals surface area contributed by atoms with Crippen molar-refractivity contribution in [1.29, 1.82) is 0 Å². The number of halogens is 2. The number of benzene rings is 2. The molecule has 0 spiro atoms. The van der Waals surface area contributed by atoms with Crippen molar-refractivity contribution in [3.63, 3.8) is 0 Å². The third kappa shape index (κ3) is 6.54. The molecule has 6 nitrogen and oxygen atoms in total. The predicted octanol–water partition coefficient (Wildman–Crippen LogP) is 4.32. The summed E-state index contributed by atoms with van der Waals surface area (Å²) in [7, 11) is 1.53. The molecule has 0 aliphatic rings. The van der Waals surface area contributed by atoms with Gasteiger partial charge in [0.05, 0.1) is 7.11 Å². The summed E-state index contributed by atoms with van der Waals surface area (Å²) >= 11 is 12.3. The number of nitrogens with zero attached hydrogens (tertiary/aromatic N) is 1. The monoisotopic (exact) mass is 452 g/mol. The summed E-state index contributed by atoms with van der Waals surface area (Å²) in [6.45, 7) is 4.06. The van der Waals surface area contributed by atoms with E-state index in [-0.39, 0.29) is 25.0 Å². The van der Waals surface area contributed by atoms with E-state index in [9.17, 15) is 9.59 Å². The van der Waals surface area contributed by atoms with Gasteiger partial charge in [0.25, 0.3) is 5.91 Å². The lowest BCUT2D eigenvalue weighted by molar-refractivity contribution is -0.142. The first-order chi connectivity index (χ1) is 14.4. The smallest absolute Gasteiger partial charge is 0.261 e. The number of rotatable bonds is 10. The van der Waals surface area contributed by atoms with Gasteiger partial charge in [0, 0.05) is 23.1 Å². The minimum atomic E-state index is -0.711. The van der Waals surface area contributed by atoms with Gasteiger partial charge >= 0.3 is 0 Å². The zero-order valence-electron chi connectivity index (χ0n) is 17.3. The summed E-state index contributed by atoms with van der Waals surface area (Å²) in [6, 6.07) is 11.4. The molecule has 0 saturated heterocycles. The van der Waals surface area contributed by atoms with Gasteiger partial charge in [-0.3, -0.25) is 9.59 Å². The van der Waals surface area contributed by atoms with Crippen LogP contribution in [0.4, 0.5) is 0 Å². The topological polar surface area (TPSA) is 67.9 Å². The number of methoxy groups -OCH3 is 1. The molecular formula is C22H26Cl2N2O4. The van der Waals surface area contributed by atoms with Gasteiger partial charge in [-0.25, -0.2) is 0 Å². The first-order valence-corrected chi connectivity index (χ1v) is 10.4. The number of carbonyl (C=O) groups is 2. The zero-order chi connectivity index (χ0) is 22.1. The summed E-state index contributed by atoms with van der Waals surface area (Å²) in [4.78, 5) is 27.0. The summed E-state index contributed by atoms with van der Waals surface area (Å²) in [5.41, 5.74) is 0.682. The third-order valence-electron chi connectivity index (χ3n) is 4.49. The number of hydrogen-bond acceptors (Lipinski definition) is 4. The fourth-order valence-corrected chi connectivity index (χ4v) is 3.24. The lowest BCUT2D eigenvalue weighted by Crippen LogP contribution is -2.49. The van der Waals surface area contributed by atoms with Crippen LogP contribution in [0, 0.1) is 0 Å². The summed E-state index contributed by atoms with van der Waals surface area (Å²) in [5.74, 6) is 0.367. The molecule has 0 aromatic heterocycles. The first-order valence-electron chi connectivity index (χ1n) is 9.64. The normalized spacial score (nSPS) is 11.5. The van der Waals surface area contributed by atoms with E-state index in [0.717, 1.165) is 6.42 Å². The fraction of sp³-hybridized carbons (Fsp3) is 0.364. The van der Waals surface area contributed by atoms with Crippen molar-refractivity contribution in [2.24, 2.45) is 0 Å². The van der Waals surface area contributed by atoms with Crippen LogP contribution in [0.15, 0.2) is 42.5 Å². The number of nitrogens with one attached hydrogen (secondary N) is 1. The van der Waals surface area contributed by atoms with Crippen LogP contribution in [0.2, 0.25) is 10.0 Å². The number of carbonyl (C=O) groups excluding carboxylic acids is 2. The molecule has 30 heavy (non-hydrogen) atoms. The number of ether oxygens (including phenoxy) is 2. The molecule has 0 aliphatic heterocycles. The second-order valence-corrected chi connectivity index (χ2v) is 7.51. The molecule has 1 N–H and O–H groups in total. The van der Waals surface area contributed by atoms with Crippen molar-refractivity contribution in [2.75, 3.05) is 20.3 Å². The molecule has 0 fully saturated rings. The zero-order valence-corrected chi connectivity index (χ0v) is 18.8. The van der Waals surface area contributed by atoms with Crippen LogP contribution in [0.3, 0.4) is 0 Å². The van der Waals surface area contributed by atoms with E-state index in [1.54, 1.807) is 43.3 Å². The van der Waals surface area contributed by atoms with E-state index in [2.05, 4.69) is 5.32 Å². The quantitative estimate of drug-likeness (QED) is 0.582. The average Bonchev–Trinajstić information content (AvgIpc) is 2.75. The van der Waals surface area contributed by atoms with Crippen molar-refractivity contribution >= 4 is 35.0 Å². The van der Waals surface area contributed by atoms with Crippen molar-refractivity contribution in [3.8, 4) is 11.5 Å². The van der Waals surface area contributed by atoms with Gasteiger partial charge in [-0.2, -0.15) is 0 Å². The number of amides is 2. The van der Waals surface area contributed by atoms with Crippen LogP contribution in [-0.4, -0.2) is 43.0 Å². The van der Waals surface area contributed by atoms with Gasteiger partial charge in [0.2, 0.25) is 5.91 Å². The SMILES string of the molecule is CCCNC(=O)C(C)N(Cc1ccc(Cl)cc1Cl)C(=O)COc1ccccc1OC. The Balaban J connectivity index is 2.20. The highest BCUT2D eigenvalue weighted by Gasteiger charge is 2.27. The van der Waals surface area contributed by atoms with E-state index < -0.39 is 6.04 Å². The molecule has 2 aromatic rings. The molecule has 0 heterocycles. The lowest BCUT2D eigenvalue weighted by atomic mass is 10.1. The highest BCUT2D eigenvalue weighted by atomic mass is 35.5. The molecule has 0 radical (unpaired) electrons. The van der Waals surface area contributed by atoms with E-state index in [0.29, 0.717) is 33.7 Å². The van der Waals surface area contributed by atoms with Gasteiger partial charge in [-0.05, 0) is 43.2 Å². The Morgan fingerprint density at radius 2 is 1.83 bits per heavy atom.